The summed E-state index contributed by atoms with van der Waals surface area (Å²) in [6.45, 7) is 0. The van der Waals surface area contributed by atoms with Gasteiger partial charge in [0.25, 0.3) is 0 Å². The van der Waals surface area contributed by atoms with Crippen molar-refractivity contribution >= 4 is 39.2 Å². The molecule has 0 saturated heterocycles. The minimum atomic E-state index is -0.338. The molecule has 1 aliphatic rings. The molecule has 1 saturated carbocycles. The average Bonchev–Trinajstić information content (AvgIpc) is 2.82. The van der Waals surface area contributed by atoms with Crippen molar-refractivity contribution < 1.29 is 9.15 Å². The van der Waals surface area contributed by atoms with Crippen molar-refractivity contribution in [3.8, 4) is 5.75 Å². The van der Waals surface area contributed by atoms with Crippen LogP contribution in [0.4, 0.5) is 5.88 Å². The van der Waals surface area contributed by atoms with Crippen LogP contribution in [0.25, 0.3) is 21.5 Å². The number of hydrogen-bond donors (Lipinski definition) is 1. The van der Waals surface area contributed by atoms with E-state index in [-0.39, 0.29) is 5.63 Å². The molecule has 0 bridgehead atoms. The lowest BCUT2D eigenvalue weighted by molar-refractivity contribution is 0.415. The third kappa shape index (κ3) is 4.15. The first-order valence-electron chi connectivity index (χ1n) is 10.8. The third-order valence-corrected chi connectivity index (χ3v) is 7.07. The SMILES string of the molecule is COc1ccc2c(Sc3ccc4ccccc4c3)c(NC3CCCCC3)oc(=O)c2c1. The molecule has 0 unspecified atom stereocenters. The van der Waals surface area contributed by atoms with Crippen LogP contribution >= 0.6 is 11.8 Å². The molecule has 4 nitrogen and oxygen atoms in total. The Bertz CT molecular complexity index is 1290. The first-order valence-corrected chi connectivity index (χ1v) is 11.6. The van der Waals surface area contributed by atoms with Crippen LogP contribution < -0.4 is 15.7 Å². The number of nitrogens with one attached hydrogen (secondary N) is 1. The zero-order valence-electron chi connectivity index (χ0n) is 17.5. The van der Waals surface area contributed by atoms with Gasteiger partial charge in [0.15, 0.2) is 0 Å². The second kappa shape index (κ2) is 8.67. The van der Waals surface area contributed by atoms with Crippen molar-refractivity contribution in [2.75, 3.05) is 12.4 Å². The molecule has 1 aliphatic carbocycles. The van der Waals surface area contributed by atoms with E-state index in [9.17, 15) is 4.79 Å². The van der Waals surface area contributed by atoms with Crippen LogP contribution in [0.5, 0.6) is 5.75 Å². The minimum absolute atomic E-state index is 0.337. The van der Waals surface area contributed by atoms with Gasteiger partial charge in [-0.15, -0.1) is 0 Å². The summed E-state index contributed by atoms with van der Waals surface area (Å²) in [5, 5.41) is 7.37. The fourth-order valence-corrected chi connectivity index (χ4v) is 5.35. The molecule has 0 radical (unpaired) electrons. The molecule has 0 amide bonds. The largest absolute Gasteiger partial charge is 0.497 e. The summed E-state index contributed by atoms with van der Waals surface area (Å²) in [5.74, 6) is 1.22. The van der Waals surface area contributed by atoms with E-state index >= 15 is 0 Å². The number of benzene rings is 3. The Balaban J connectivity index is 1.62. The van der Waals surface area contributed by atoms with E-state index in [1.807, 2.05) is 18.2 Å². The van der Waals surface area contributed by atoms with Gasteiger partial charge in [-0.05, 0) is 53.9 Å². The van der Waals surface area contributed by atoms with Crippen molar-refractivity contribution in [3.05, 3.63) is 71.1 Å². The monoisotopic (exact) mass is 431 g/mol. The Kier molecular flexibility index (Phi) is 5.60. The van der Waals surface area contributed by atoms with Crippen molar-refractivity contribution in [1.82, 2.24) is 0 Å². The molecule has 1 fully saturated rings. The minimum Gasteiger partial charge on any atom is -0.497 e. The van der Waals surface area contributed by atoms with Gasteiger partial charge >= 0.3 is 5.63 Å². The second-order valence-corrected chi connectivity index (χ2v) is 9.13. The maximum absolute atomic E-state index is 12.8. The predicted octanol–water partition coefficient (Wildman–Crippen LogP) is 6.85. The van der Waals surface area contributed by atoms with Crippen LogP contribution in [-0.2, 0) is 0 Å². The van der Waals surface area contributed by atoms with E-state index in [0.717, 1.165) is 28.0 Å². The molecule has 0 spiro atoms. The Labute approximate surface area is 185 Å². The molecule has 0 aliphatic heterocycles. The molecular weight excluding hydrogens is 406 g/mol. The number of hydrogen-bond acceptors (Lipinski definition) is 5. The lowest BCUT2D eigenvalue weighted by Gasteiger charge is -2.24. The highest BCUT2D eigenvalue weighted by Crippen LogP contribution is 2.40. The molecule has 158 valence electrons. The Hall–Kier alpha value is -2.92. The predicted molar refractivity (Wildman–Crippen MR) is 128 cm³/mol. The van der Waals surface area contributed by atoms with Crippen LogP contribution in [0, 0.1) is 0 Å². The number of methoxy groups -OCH3 is 1. The number of ether oxygens (including phenoxy) is 1. The van der Waals surface area contributed by atoms with Crippen molar-refractivity contribution in [2.24, 2.45) is 0 Å². The van der Waals surface area contributed by atoms with Gasteiger partial charge in [0, 0.05) is 16.3 Å². The van der Waals surface area contributed by atoms with Crippen LogP contribution in [0.15, 0.2) is 79.7 Å². The van der Waals surface area contributed by atoms with Crippen LogP contribution in [0.3, 0.4) is 0 Å². The van der Waals surface area contributed by atoms with Gasteiger partial charge in [-0.25, -0.2) is 4.79 Å². The fourth-order valence-electron chi connectivity index (χ4n) is 4.31. The number of anilines is 1. The summed E-state index contributed by atoms with van der Waals surface area (Å²) in [6, 6.07) is 20.7. The maximum Gasteiger partial charge on any atom is 0.345 e. The zero-order chi connectivity index (χ0) is 21.2. The maximum atomic E-state index is 12.8. The Morgan fingerprint density at radius 3 is 2.55 bits per heavy atom. The molecule has 5 heteroatoms. The molecule has 4 aromatic rings. The van der Waals surface area contributed by atoms with Crippen molar-refractivity contribution in [1.29, 1.82) is 0 Å². The fraction of sp³-hybridized carbons (Fsp3) is 0.269. The third-order valence-electron chi connectivity index (χ3n) is 5.97. The average molecular weight is 432 g/mol. The van der Waals surface area contributed by atoms with Gasteiger partial charge in [0.05, 0.1) is 17.4 Å². The highest BCUT2D eigenvalue weighted by Gasteiger charge is 2.20. The molecule has 1 aromatic heterocycles. The van der Waals surface area contributed by atoms with Crippen LogP contribution in [0.1, 0.15) is 32.1 Å². The summed E-state index contributed by atoms with van der Waals surface area (Å²) in [5.41, 5.74) is -0.338. The van der Waals surface area contributed by atoms with Gasteiger partial charge in [-0.3, -0.25) is 0 Å². The number of fused-ring (bicyclic) bond motifs is 2. The second-order valence-electron chi connectivity index (χ2n) is 8.05. The molecule has 5 rings (SSSR count). The van der Waals surface area contributed by atoms with Gasteiger partial charge in [0.1, 0.15) is 5.75 Å². The van der Waals surface area contributed by atoms with Gasteiger partial charge in [-0.2, -0.15) is 0 Å². The van der Waals surface area contributed by atoms with E-state index in [0.29, 0.717) is 23.1 Å². The highest BCUT2D eigenvalue weighted by molar-refractivity contribution is 7.99. The molecular formula is C26H25NO3S. The van der Waals surface area contributed by atoms with Crippen LogP contribution in [0.2, 0.25) is 0 Å². The van der Waals surface area contributed by atoms with Gasteiger partial charge in [-0.1, -0.05) is 61.4 Å². The molecule has 3 aromatic carbocycles. The first-order chi connectivity index (χ1) is 15.2. The lowest BCUT2D eigenvalue weighted by atomic mass is 9.95. The Morgan fingerprint density at radius 1 is 0.935 bits per heavy atom. The number of rotatable bonds is 5. The lowest BCUT2D eigenvalue weighted by Crippen LogP contribution is -2.23. The normalized spacial score (nSPS) is 14.7. The van der Waals surface area contributed by atoms with E-state index in [2.05, 4.69) is 41.7 Å². The summed E-state index contributed by atoms with van der Waals surface area (Å²) in [7, 11) is 1.60. The van der Waals surface area contributed by atoms with Crippen molar-refractivity contribution in [3.63, 3.8) is 0 Å². The van der Waals surface area contributed by atoms with E-state index in [4.69, 9.17) is 9.15 Å². The van der Waals surface area contributed by atoms with E-state index in [1.54, 1.807) is 24.9 Å². The summed E-state index contributed by atoms with van der Waals surface area (Å²) in [4.78, 5) is 14.9. The van der Waals surface area contributed by atoms with Crippen LogP contribution in [-0.4, -0.2) is 13.2 Å². The first kappa shape index (κ1) is 20.0. The highest BCUT2D eigenvalue weighted by atomic mass is 32.2. The molecule has 1 heterocycles. The van der Waals surface area contributed by atoms with Gasteiger partial charge < -0.3 is 14.5 Å². The van der Waals surface area contributed by atoms with Crippen molar-refractivity contribution in [2.45, 2.75) is 47.9 Å². The standard InChI is InChI=1S/C26H25NO3S/c1-29-20-12-14-22-23(16-20)26(28)30-25(27-19-9-3-2-4-10-19)24(22)31-21-13-11-17-7-5-6-8-18(17)15-21/h5-8,11-16,19,27H,2-4,9-10H2,1H3. The topological polar surface area (TPSA) is 51.5 Å². The zero-order valence-corrected chi connectivity index (χ0v) is 18.3. The molecule has 31 heavy (non-hydrogen) atoms. The summed E-state index contributed by atoms with van der Waals surface area (Å²) < 4.78 is 11.2. The quantitative estimate of drug-likeness (QED) is 0.374. The Morgan fingerprint density at radius 2 is 1.74 bits per heavy atom. The summed E-state index contributed by atoms with van der Waals surface area (Å²) in [6.07, 6.45) is 5.90. The van der Waals surface area contributed by atoms with E-state index in [1.165, 1.54) is 30.0 Å². The smallest absolute Gasteiger partial charge is 0.345 e. The van der Waals surface area contributed by atoms with Gasteiger partial charge in [0.2, 0.25) is 5.88 Å². The molecule has 0 atom stereocenters. The summed E-state index contributed by atoms with van der Waals surface area (Å²) >= 11 is 1.63. The van der Waals surface area contributed by atoms with E-state index < -0.39 is 0 Å². The molecule has 1 N–H and O–H groups in total.